The van der Waals surface area contributed by atoms with Crippen LogP contribution in [0.5, 0.6) is 0 Å². The molecule has 0 aliphatic rings. The van der Waals surface area contributed by atoms with Crippen molar-refractivity contribution in [2.45, 2.75) is 54.4 Å². The van der Waals surface area contributed by atoms with Crippen molar-refractivity contribution in [1.29, 1.82) is 0 Å². The van der Waals surface area contributed by atoms with Crippen LogP contribution in [0.3, 0.4) is 0 Å². The molecule has 0 aromatic heterocycles. The maximum Gasteiger partial charge on any atom is 0.141 e. The number of carbonyl (C=O) groups is 1. The fourth-order valence-electron chi connectivity index (χ4n) is 2.47. The fourth-order valence-corrected chi connectivity index (χ4v) is 2.47. The maximum absolute atomic E-state index is 12.2. The zero-order valence-corrected chi connectivity index (χ0v) is 13.3. The lowest BCUT2D eigenvalue weighted by atomic mass is 9.81. The van der Waals surface area contributed by atoms with Crippen LogP contribution >= 0.6 is 0 Å². The van der Waals surface area contributed by atoms with Gasteiger partial charge in [0.15, 0.2) is 0 Å². The summed E-state index contributed by atoms with van der Waals surface area (Å²) in [5.74, 6) is 1.13. The van der Waals surface area contributed by atoms with Crippen LogP contribution in [-0.4, -0.2) is 5.78 Å². The topological polar surface area (TPSA) is 17.1 Å². The van der Waals surface area contributed by atoms with E-state index >= 15 is 0 Å². The minimum atomic E-state index is -0.239. The van der Waals surface area contributed by atoms with E-state index in [-0.39, 0.29) is 11.3 Å². The van der Waals surface area contributed by atoms with E-state index in [4.69, 9.17) is 0 Å². The first-order valence-electron chi connectivity index (χ1n) is 7.32. The molecule has 0 amide bonds. The molecule has 0 aliphatic carbocycles. The van der Waals surface area contributed by atoms with Gasteiger partial charge in [-0.15, -0.1) is 0 Å². The molecule has 0 bridgehead atoms. The first-order chi connectivity index (χ1) is 8.70. The lowest BCUT2D eigenvalue weighted by Gasteiger charge is -2.22. The lowest BCUT2D eigenvalue weighted by Crippen LogP contribution is -2.27. The Hall–Kier alpha value is -1.11. The lowest BCUT2D eigenvalue weighted by molar-refractivity contribution is -0.129. The van der Waals surface area contributed by atoms with Gasteiger partial charge >= 0.3 is 0 Å². The predicted octanol–water partition coefficient (Wildman–Crippen LogP) is 4.68. The SMILES string of the molecule is CC(C)Cc1ccc(CC(C)C(=O)C(C)(C)C)cc1. The average Bonchev–Trinajstić information content (AvgIpc) is 2.28. The molecule has 0 N–H and O–H groups in total. The molecule has 1 unspecified atom stereocenters. The zero-order chi connectivity index (χ0) is 14.6. The Balaban J connectivity index is 2.65. The van der Waals surface area contributed by atoms with E-state index in [1.54, 1.807) is 0 Å². The van der Waals surface area contributed by atoms with Crippen LogP contribution in [-0.2, 0) is 17.6 Å². The summed E-state index contributed by atoms with van der Waals surface area (Å²) in [5.41, 5.74) is 2.41. The molecule has 0 saturated heterocycles. The van der Waals surface area contributed by atoms with Crippen molar-refractivity contribution in [2.24, 2.45) is 17.3 Å². The number of rotatable bonds is 5. The largest absolute Gasteiger partial charge is 0.299 e. The van der Waals surface area contributed by atoms with Crippen LogP contribution in [0, 0.1) is 17.3 Å². The van der Waals surface area contributed by atoms with E-state index < -0.39 is 0 Å². The van der Waals surface area contributed by atoms with Gasteiger partial charge in [-0.25, -0.2) is 0 Å². The van der Waals surface area contributed by atoms with Crippen molar-refractivity contribution < 1.29 is 4.79 Å². The van der Waals surface area contributed by atoms with Crippen LogP contribution < -0.4 is 0 Å². The van der Waals surface area contributed by atoms with E-state index in [1.807, 2.05) is 27.7 Å². The summed E-state index contributed by atoms with van der Waals surface area (Å²) in [7, 11) is 0. The Morgan fingerprint density at radius 3 is 1.74 bits per heavy atom. The first-order valence-corrected chi connectivity index (χ1v) is 7.32. The van der Waals surface area contributed by atoms with Gasteiger partial charge in [-0.3, -0.25) is 4.79 Å². The summed E-state index contributed by atoms with van der Waals surface area (Å²) >= 11 is 0. The summed E-state index contributed by atoms with van der Waals surface area (Å²) in [6, 6.07) is 8.74. The van der Waals surface area contributed by atoms with Crippen LogP contribution in [0.2, 0.25) is 0 Å². The van der Waals surface area contributed by atoms with Gasteiger partial charge in [-0.2, -0.15) is 0 Å². The van der Waals surface area contributed by atoms with Gasteiger partial charge in [0.2, 0.25) is 0 Å². The third-order valence-corrected chi connectivity index (χ3v) is 3.40. The van der Waals surface area contributed by atoms with Crippen molar-refractivity contribution in [3.05, 3.63) is 35.4 Å². The molecule has 0 heterocycles. The minimum Gasteiger partial charge on any atom is -0.299 e. The van der Waals surface area contributed by atoms with Gasteiger partial charge in [0.25, 0.3) is 0 Å². The smallest absolute Gasteiger partial charge is 0.141 e. The molecule has 0 saturated carbocycles. The molecule has 1 aromatic rings. The predicted molar refractivity (Wildman–Crippen MR) is 82.3 cm³/mol. The van der Waals surface area contributed by atoms with Gasteiger partial charge in [0, 0.05) is 11.3 Å². The number of hydrogen-bond donors (Lipinski definition) is 0. The highest BCUT2D eigenvalue weighted by molar-refractivity contribution is 5.85. The number of benzene rings is 1. The summed E-state index contributed by atoms with van der Waals surface area (Å²) in [6.45, 7) is 12.5. The van der Waals surface area contributed by atoms with Crippen molar-refractivity contribution in [3.63, 3.8) is 0 Å². The van der Waals surface area contributed by atoms with Crippen molar-refractivity contribution >= 4 is 5.78 Å². The molecule has 19 heavy (non-hydrogen) atoms. The third-order valence-electron chi connectivity index (χ3n) is 3.40. The van der Waals surface area contributed by atoms with E-state index in [0.29, 0.717) is 11.7 Å². The van der Waals surface area contributed by atoms with Crippen molar-refractivity contribution in [1.82, 2.24) is 0 Å². The summed E-state index contributed by atoms with van der Waals surface area (Å²) in [6.07, 6.45) is 1.97. The van der Waals surface area contributed by atoms with Gasteiger partial charge in [0.1, 0.15) is 5.78 Å². The number of ketones is 1. The van der Waals surface area contributed by atoms with Gasteiger partial charge in [-0.1, -0.05) is 65.8 Å². The molecule has 0 spiro atoms. The zero-order valence-electron chi connectivity index (χ0n) is 13.3. The molecule has 106 valence electrons. The normalized spacial score (nSPS) is 13.6. The highest BCUT2D eigenvalue weighted by Crippen LogP contribution is 2.23. The number of Topliss-reactive ketones (excluding diaryl/α,β-unsaturated/α-hetero) is 1. The highest BCUT2D eigenvalue weighted by Gasteiger charge is 2.26. The molecule has 1 aromatic carbocycles. The molecule has 1 heteroatoms. The standard InChI is InChI=1S/C18H28O/c1-13(2)11-15-7-9-16(10-8-15)12-14(3)17(19)18(4,5)6/h7-10,13-14H,11-12H2,1-6H3. The van der Waals surface area contributed by atoms with Crippen LogP contribution in [0.15, 0.2) is 24.3 Å². The Labute approximate surface area is 118 Å². The third kappa shape index (κ3) is 5.18. The quantitative estimate of drug-likeness (QED) is 0.751. The Morgan fingerprint density at radius 1 is 0.947 bits per heavy atom. The summed E-state index contributed by atoms with van der Waals surface area (Å²) < 4.78 is 0. The molecule has 0 aliphatic heterocycles. The highest BCUT2D eigenvalue weighted by atomic mass is 16.1. The number of hydrogen-bond acceptors (Lipinski definition) is 1. The van der Waals surface area contributed by atoms with Crippen LogP contribution in [0.25, 0.3) is 0 Å². The Kier molecular flexibility index (Phi) is 5.34. The van der Waals surface area contributed by atoms with Gasteiger partial charge in [0.05, 0.1) is 0 Å². The second-order valence-electron chi connectivity index (χ2n) is 7.13. The second-order valence-corrected chi connectivity index (χ2v) is 7.13. The summed E-state index contributed by atoms with van der Waals surface area (Å²) in [4.78, 5) is 12.2. The number of carbonyl (C=O) groups excluding carboxylic acids is 1. The molecule has 0 radical (unpaired) electrons. The van der Waals surface area contributed by atoms with Crippen molar-refractivity contribution in [3.8, 4) is 0 Å². The Morgan fingerprint density at radius 2 is 1.37 bits per heavy atom. The van der Waals surface area contributed by atoms with Crippen LogP contribution in [0.1, 0.15) is 52.7 Å². The van der Waals surface area contributed by atoms with Crippen LogP contribution in [0.4, 0.5) is 0 Å². The van der Waals surface area contributed by atoms with Gasteiger partial charge < -0.3 is 0 Å². The average molecular weight is 260 g/mol. The summed E-state index contributed by atoms with van der Waals surface area (Å²) in [5, 5.41) is 0. The van der Waals surface area contributed by atoms with E-state index in [9.17, 15) is 4.79 Å². The maximum atomic E-state index is 12.2. The molecule has 1 atom stereocenters. The van der Waals surface area contributed by atoms with Gasteiger partial charge in [-0.05, 0) is 29.9 Å². The molecule has 0 fully saturated rings. The molecule has 1 nitrogen and oxygen atoms in total. The fraction of sp³-hybridized carbons (Fsp3) is 0.611. The second kappa shape index (κ2) is 6.36. The molecule has 1 rings (SSSR count). The van der Waals surface area contributed by atoms with E-state index in [1.165, 1.54) is 11.1 Å². The Bertz CT molecular complexity index is 406. The van der Waals surface area contributed by atoms with E-state index in [2.05, 4.69) is 38.1 Å². The molecular formula is C18H28O. The molecular weight excluding hydrogens is 232 g/mol. The minimum absolute atomic E-state index is 0.0935. The van der Waals surface area contributed by atoms with Crippen molar-refractivity contribution in [2.75, 3.05) is 0 Å². The first kappa shape index (κ1) is 15.9. The monoisotopic (exact) mass is 260 g/mol. The van der Waals surface area contributed by atoms with E-state index in [0.717, 1.165) is 12.8 Å².